The minimum atomic E-state index is -0.955. The second-order valence-corrected chi connectivity index (χ2v) is 10.4. The number of carbonyl (C=O) groups is 3. The van der Waals surface area contributed by atoms with Crippen LogP contribution in [0.5, 0.6) is 11.5 Å². The lowest BCUT2D eigenvalue weighted by molar-refractivity contribution is -0.132. The van der Waals surface area contributed by atoms with Gasteiger partial charge >= 0.3 is 5.97 Å². The Bertz CT molecular complexity index is 1480. The summed E-state index contributed by atoms with van der Waals surface area (Å²) in [5, 5.41) is 11.6. The molecule has 1 amide bonds. The Labute approximate surface area is 233 Å². The van der Waals surface area contributed by atoms with Gasteiger partial charge in [-0.1, -0.05) is 32.9 Å². The molecule has 8 nitrogen and oxygen atoms in total. The molecule has 0 aromatic heterocycles. The topological polar surface area (TPSA) is 102 Å². The van der Waals surface area contributed by atoms with Gasteiger partial charge in [-0.25, -0.2) is 4.79 Å². The lowest BCUT2D eigenvalue weighted by atomic mass is 9.84. The van der Waals surface area contributed by atoms with E-state index in [0.29, 0.717) is 40.5 Å². The summed E-state index contributed by atoms with van der Waals surface area (Å²) in [6.45, 7) is 8.46. The normalized spacial score (nSPS) is 16.6. The van der Waals surface area contributed by atoms with Crippen molar-refractivity contribution in [3.8, 4) is 11.5 Å². The van der Waals surface area contributed by atoms with E-state index in [1.807, 2.05) is 27.7 Å². The molecule has 0 aliphatic carbocycles. The number of ether oxygens (including phenoxy) is 3. The van der Waals surface area contributed by atoms with E-state index in [2.05, 4.69) is 0 Å². The van der Waals surface area contributed by atoms with Crippen molar-refractivity contribution in [3.63, 3.8) is 0 Å². The molecule has 0 bridgehead atoms. The zero-order chi connectivity index (χ0) is 29.2. The molecular weight excluding hydrogens is 510 g/mol. The fourth-order valence-corrected chi connectivity index (χ4v) is 4.80. The summed E-state index contributed by atoms with van der Waals surface area (Å²) < 4.78 is 16.0. The van der Waals surface area contributed by atoms with Gasteiger partial charge in [-0.2, -0.15) is 0 Å². The van der Waals surface area contributed by atoms with Crippen LogP contribution in [0.4, 0.5) is 5.69 Å². The maximum atomic E-state index is 13.6. The van der Waals surface area contributed by atoms with E-state index in [-0.39, 0.29) is 16.7 Å². The van der Waals surface area contributed by atoms with Crippen LogP contribution in [0.25, 0.3) is 5.76 Å². The van der Waals surface area contributed by atoms with Crippen LogP contribution >= 0.6 is 0 Å². The number of anilines is 1. The van der Waals surface area contributed by atoms with Crippen LogP contribution in [0.2, 0.25) is 0 Å². The molecular formula is C32H33NO7. The first-order valence-corrected chi connectivity index (χ1v) is 12.9. The first-order chi connectivity index (χ1) is 19.0. The molecule has 0 spiro atoms. The van der Waals surface area contributed by atoms with Gasteiger partial charge in [-0.15, -0.1) is 0 Å². The third kappa shape index (κ3) is 5.30. The number of hydrogen-bond donors (Lipinski definition) is 1. The van der Waals surface area contributed by atoms with E-state index in [0.717, 1.165) is 5.56 Å². The van der Waals surface area contributed by atoms with Crippen LogP contribution < -0.4 is 14.4 Å². The molecule has 1 heterocycles. The number of aliphatic hydroxyl groups excluding tert-OH is 1. The lowest BCUT2D eigenvalue weighted by Gasteiger charge is -2.26. The monoisotopic (exact) mass is 543 g/mol. The van der Waals surface area contributed by atoms with Crippen molar-refractivity contribution in [3.05, 3.63) is 94.6 Å². The summed E-state index contributed by atoms with van der Waals surface area (Å²) in [5.74, 6) is -1.24. The van der Waals surface area contributed by atoms with E-state index < -0.39 is 23.7 Å². The molecule has 40 heavy (non-hydrogen) atoms. The van der Waals surface area contributed by atoms with Crippen molar-refractivity contribution in [2.45, 2.75) is 39.2 Å². The van der Waals surface area contributed by atoms with Crippen molar-refractivity contribution in [1.29, 1.82) is 0 Å². The number of nitrogens with zero attached hydrogens (tertiary/aromatic N) is 1. The number of ketones is 1. The van der Waals surface area contributed by atoms with Gasteiger partial charge < -0.3 is 19.3 Å². The maximum Gasteiger partial charge on any atom is 0.337 e. The SMILES string of the molecule is CCOc1ccc(/C(O)=C2/C(=O)C(=O)N(c3ccc(C(=O)OC)cc3)C2c2cccc(OC)c2)cc1C(C)(C)C. The van der Waals surface area contributed by atoms with Crippen LogP contribution in [-0.4, -0.2) is 43.6 Å². The molecule has 1 fully saturated rings. The summed E-state index contributed by atoms with van der Waals surface area (Å²) in [7, 11) is 2.80. The second-order valence-electron chi connectivity index (χ2n) is 10.4. The summed E-state index contributed by atoms with van der Waals surface area (Å²) in [6.07, 6.45) is 0. The van der Waals surface area contributed by atoms with Crippen LogP contribution in [-0.2, 0) is 19.7 Å². The number of aliphatic hydroxyl groups is 1. The molecule has 8 heteroatoms. The fraction of sp³-hybridized carbons (Fsp3) is 0.281. The Kier molecular flexibility index (Phi) is 8.00. The molecule has 4 rings (SSSR count). The quantitative estimate of drug-likeness (QED) is 0.174. The van der Waals surface area contributed by atoms with E-state index >= 15 is 0 Å². The molecule has 1 saturated heterocycles. The van der Waals surface area contributed by atoms with Gasteiger partial charge in [0.05, 0.1) is 38.0 Å². The summed E-state index contributed by atoms with van der Waals surface area (Å²) in [4.78, 5) is 40.4. The summed E-state index contributed by atoms with van der Waals surface area (Å²) in [6, 6.07) is 17.4. The predicted octanol–water partition coefficient (Wildman–Crippen LogP) is 5.80. The lowest BCUT2D eigenvalue weighted by Crippen LogP contribution is -2.29. The Morgan fingerprint density at radius 1 is 0.950 bits per heavy atom. The maximum absolute atomic E-state index is 13.6. The van der Waals surface area contributed by atoms with Crippen molar-refractivity contribution >= 4 is 29.1 Å². The smallest absolute Gasteiger partial charge is 0.337 e. The van der Waals surface area contributed by atoms with Crippen LogP contribution in [0, 0.1) is 0 Å². The number of carbonyl (C=O) groups excluding carboxylic acids is 3. The number of amides is 1. The highest BCUT2D eigenvalue weighted by Gasteiger charge is 2.47. The number of rotatable bonds is 7. The molecule has 0 radical (unpaired) electrons. The second kappa shape index (κ2) is 11.3. The molecule has 1 atom stereocenters. The number of Topliss-reactive ketones (excluding diaryl/α,β-unsaturated/α-hetero) is 1. The predicted molar refractivity (Wildman–Crippen MR) is 152 cm³/mol. The highest BCUT2D eigenvalue weighted by atomic mass is 16.5. The van der Waals surface area contributed by atoms with Gasteiger partial charge in [-0.05, 0) is 72.5 Å². The third-order valence-electron chi connectivity index (χ3n) is 6.78. The van der Waals surface area contributed by atoms with Crippen molar-refractivity contribution in [2.75, 3.05) is 25.7 Å². The molecule has 1 aliphatic heterocycles. The minimum absolute atomic E-state index is 0.0562. The molecule has 208 valence electrons. The number of hydrogen-bond acceptors (Lipinski definition) is 7. The zero-order valence-electron chi connectivity index (χ0n) is 23.5. The average Bonchev–Trinajstić information content (AvgIpc) is 3.22. The highest BCUT2D eigenvalue weighted by molar-refractivity contribution is 6.51. The van der Waals surface area contributed by atoms with E-state index in [1.165, 1.54) is 31.3 Å². The van der Waals surface area contributed by atoms with E-state index in [1.54, 1.807) is 54.6 Å². The molecule has 1 aliphatic rings. The molecule has 1 N–H and O–H groups in total. The Morgan fingerprint density at radius 2 is 1.62 bits per heavy atom. The van der Waals surface area contributed by atoms with Gasteiger partial charge in [-0.3, -0.25) is 14.5 Å². The number of methoxy groups -OCH3 is 2. The largest absolute Gasteiger partial charge is 0.507 e. The fourth-order valence-electron chi connectivity index (χ4n) is 4.80. The summed E-state index contributed by atoms with van der Waals surface area (Å²) >= 11 is 0. The van der Waals surface area contributed by atoms with Gasteiger partial charge in [0.25, 0.3) is 11.7 Å². The molecule has 1 unspecified atom stereocenters. The first-order valence-electron chi connectivity index (χ1n) is 12.9. The van der Waals surface area contributed by atoms with Crippen molar-refractivity contribution < 1.29 is 33.7 Å². The Hall–Kier alpha value is -4.59. The van der Waals surface area contributed by atoms with Crippen molar-refractivity contribution in [1.82, 2.24) is 0 Å². The highest BCUT2D eigenvalue weighted by Crippen LogP contribution is 2.44. The first kappa shape index (κ1) is 28.4. The van der Waals surface area contributed by atoms with Crippen LogP contribution in [0.1, 0.15) is 60.8 Å². The van der Waals surface area contributed by atoms with Crippen LogP contribution in [0.3, 0.4) is 0 Å². The van der Waals surface area contributed by atoms with Gasteiger partial charge in [0, 0.05) is 16.8 Å². The molecule has 0 saturated carbocycles. The number of esters is 1. The van der Waals surface area contributed by atoms with Gasteiger partial charge in [0.2, 0.25) is 0 Å². The molecule has 3 aromatic rings. The van der Waals surface area contributed by atoms with Crippen LogP contribution in [0.15, 0.2) is 72.3 Å². The van der Waals surface area contributed by atoms with E-state index in [9.17, 15) is 19.5 Å². The Balaban J connectivity index is 1.93. The zero-order valence-corrected chi connectivity index (χ0v) is 23.5. The summed E-state index contributed by atoms with van der Waals surface area (Å²) in [5.41, 5.74) is 2.11. The average molecular weight is 544 g/mol. The van der Waals surface area contributed by atoms with Gasteiger partial charge in [0.1, 0.15) is 17.3 Å². The minimum Gasteiger partial charge on any atom is -0.507 e. The third-order valence-corrected chi connectivity index (χ3v) is 6.78. The standard InChI is InChI=1S/C32H33NO7/c1-7-40-25-16-13-21(18-24(25)32(2,3)4)28(34)26-27(20-9-8-10-23(17-20)38-5)33(30(36)29(26)35)22-14-11-19(12-15-22)31(37)39-6/h8-18,27,34H,7H2,1-6H3/b28-26-. The van der Waals surface area contributed by atoms with E-state index in [4.69, 9.17) is 14.2 Å². The number of benzene rings is 3. The van der Waals surface area contributed by atoms with Gasteiger partial charge in [0.15, 0.2) is 0 Å². The van der Waals surface area contributed by atoms with Crippen molar-refractivity contribution in [2.24, 2.45) is 0 Å². The molecule has 3 aromatic carbocycles. The Morgan fingerprint density at radius 3 is 2.23 bits per heavy atom.